The number of carbonyl (C=O) groups is 1. The molecule has 0 bridgehead atoms. The van der Waals surface area contributed by atoms with Crippen LogP contribution in [0.4, 0.5) is 0 Å². The fraction of sp³-hybridized carbons (Fsp3) is 0.316. The van der Waals surface area contributed by atoms with Crippen molar-refractivity contribution >= 4 is 15.8 Å². The lowest BCUT2D eigenvalue weighted by Gasteiger charge is -2.29. The summed E-state index contributed by atoms with van der Waals surface area (Å²) in [5.74, 6) is -2.32. The van der Waals surface area contributed by atoms with Gasteiger partial charge in [-0.05, 0) is 18.1 Å². The molecule has 25 heavy (non-hydrogen) atoms. The normalized spacial score (nSPS) is 12.9. The van der Waals surface area contributed by atoms with Gasteiger partial charge in [0.1, 0.15) is 5.75 Å². The molecule has 2 aromatic rings. The molecular formula is C19H23NO4S. The Kier molecular flexibility index (Phi) is 6.73. The van der Waals surface area contributed by atoms with Gasteiger partial charge in [0.2, 0.25) is 0 Å². The third-order valence-corrected chi connectivity index (χ3v) is 5.58. The number of sulfone groups is 1. The molecule has 5 nitrogen and oxygen atoms in total. The zero-order valence-electron chi connectivity index (χ0n) is 14.2. The van der Waals surface area contributed by atoms with Gasteiger partial charge in [-0.2, -0.15) is 0 Å². The van der Waals surface area contributed by atoms with Crippen molar-refractivity contribution in [3.8, 4) is 0 Å². The SMILES string of the molecule is CC(c1ccccc1)N(CCS(=O)(=O)CC(=O)O)Cc1ccccc1. The van der Waals surface area contributed by atoms with Crippen LogP contribution in [0.2, 0.25) is 0 Å². The molecule has 1 N–H and O–H groups in total. The van der Waals surface area contributed by atoms with E-state index in [1.54, 1.807) is 0 Å². The number of hydrogen-bond donors (Lipinski definition) is 1. The molecule has 0 fully saturated rings. The molecule has 0 aliphatic heterocycles. The van der Waals surface area contributed by atoms with Gasteiger partial charge in [-0.3, -0.25) is 9.69 Å². The highest BCUT2D eigenvalue weighted by molar-refractivity contribution is 7.92. The third kappa shape index (κ3) is 6.32. The molecule has 0 radical (unpaired) electrons. The fourth-order valence-corrected chi connectivity index (χ4v) is 3.72. The highest BCUT2D eigenvalue weighted by Crippen LogP contribution is 2.22. The van der Waals surface area contributed by atoms with Gasteiger partial charge < -0.3 is 5.11 Å². The average Bonchev–Trinajstić information content (AvgIpc) is 2.58. The van der Waals surface area contributed by atoms with Crippen molar-refractivity contribution in [1.29, 1.82) is 0 Å². The van der Waals surface area contributed by atoms with E-state index in [0.717, 1.165) is 11.1 Å². The topological polar surface area (TPSA) is 74.7 Å². The summed E-state index contributed by atoms with van der Waals surface area (Å²) in [5, 5.41) is 8.74. The monoisotopic (exact) mass is 361 g/mol. The summed E-state index contributed by atoms with van der Waals surface area (Å²) in [4.78, 5) is 12.8. The van der Waals surface area contributed by atoms with E-state index < -0.39 is 21.6 Å². The van der Waals surface area contributed by atoms with E-state index in [1.807, 2.05) is 67.6 Å². The first-order valence-corrected chi connectivity index (χ1v) is 9.94. The Hall–Kier alpha value is -2.18. The minimum Gasteiger partial charge on any atom is -0.480 e. The van der Waals surface area contributed by atoms with E-state index in [2.05, 4.69) is 4.90 Å². The Balaban J connectivity index is 2.15. The van der Waals surface area contributed by atoms with Crippen LogP contribution in [0.3, 0.4) is 0 Å². The Bertz CT molecular complexity index is 776. The summed E-state index contributed by atoms with van der Waals surface area (Å²) in [6, 6.07) is 19.7. The predicted molar refractivity (Wildman–Crippen MR) is 98.0 cm³/mol. The van der Waals surface area contributed by atoms with E-state index in [0.29, 0.717) is 6.54 Å². The van der Waals surface area contributed by atoms with Crippen molar-refractivity contribution < 1.29 is 18.3 Å². The quantitative estimate of drug-likeness (QED) is 0.743. The molecule has 0 aliphatic carbocycles. The number of rotatable bonds is 9. The zero-order chi connectivity index (χ0) is 18.3. The molecule has 0 aliphatic rings. The van der Waals surface area contributed by atoms with Crippen molar-refractivity contribution in [2.24, 2.45) is 0 Å². The van der Waals surface area contributed by atoms with Crippen LogP contribution in [0, 0.1) is 0 Å². The standard InChI is InChI=1S/C19H23NO4S/c1-16(18-10-6-3-7-11-18)20(14-17-8-4-2-5-9-17)12-13-25(23,24)15-19(21)22/h2-11,16H,12-15H2,1H3,(H,21,22). The summed E-state index contributed by atoms with van der Waals surface area (Å²) in [7, 11) is -3.63. The second-order valence-electron chi connectivity index (χ2n) is 6.03. The second kappa shape index (κ2) is 8.78. The number of nitrogens with zero attached hydrogens (tertiary/aromatic N) is 1. The Morgan fingerprint density at radius 2 is 1.60 bits per heavy atom. The number of carboxylic acids is 1. The fourth-order valence-electron chi connectivity index (χ4n) is 2.69. The van der Waals surface area contributed by atoms with Gasteiger partial charge in [0.15, 0.2) is 9.84 Å². The average molecular weight is 361 g/mol. The lowest BCUT2D eigenvalue weighted by atomic mass is 10.1. The maximum atomic E-state index is 11.9. The molecule has 1 atom stereocenters. The van der Waals surface area contributed by atoms with Gasteiger partial charge in [0, 0.05) is 19.1 Å². The van der Waals surface area contributed by atoms with Gasteiger partial charge in [-0.25, -0.2) is 8.42 Å². The molecule has 0 heterocycles. The molecular weight excluding hydrogens is 338 g/mol. The van der Waals surface area contributed by atoms with Crippen LogP contribution in [0.5, 0.6) is 0 Å². The molecule has 0 spiro atoms. The van der Waals surface area contributed by atoms with Crippen LogP contribution in [-0.2, 0) is 21.2 Å². The maximum Gasteiger partial charge on any atom is 0.318 e. The Labute approximate surface area is 148 Å². The molecule has 0 saturated carbocycles. The molecule has 1 unspecified atom stereocenters. The zero-order valence-corrected chi connectivity index (χ0v) is 15.0. The van der Waals surface area contributed by atoms with Crippen LogP contribution < -0.4 is 0 Å². The first-order valence-electron chi connectivity index (χ1n) is 8.12. The van der Waals surface area contributed by atoms with E-state index in [9.17, 15) is 13.2 Å². The molecule has 0 aromatic heterocycles. The predicted octanol–water partition coefficient (Wildman–Crippen LogP) is 2.75. The summed E-state index contributed by atoms with van der Waals surface area (Å²) < 4.78 is 23.9. The minimum absolute atomic E-state index is 0.0152. The lowest BCUT2D eigenvalue weighted by molar-refractivity contribution is -0.134. The van der Waals surface area contributed by atoms with Crippen molar-refractivity contribution in [3.05, 3.63) is 71.8 Å². The van der Waals surface area contributed by atoms with Crippen LogP contribution >= 0.6 is 0 Å². The van der Waals surface area contributed by atoms with Crippen LogP contribution in [0.15, 0.2) is 60.7 Å². The van der Waals surface area contributed by atoms with Crippen molar-refractivity contribution in [2.45, 2.75) is 19.5 Å². The van der Waals surface area contributed by atoms with Crippen LogP contribution in [-0.4, -0.2) is 42.4 Å². The molecule has 0 saturated heterocycles. The smallest absolute Gasteiger partial charge is 0.318 e. The largest absolute Gasteiger partial charge is 0.480 e. The van der Waals surface area contributed by atoms with Crippen molar-refractivity contribution in [2.75, 3.05) is 18.1 Å². The van der Waals surface area contributed by atoms with E-state index in [4.69, 9.17) is 5.11 Å². The lowest BCUT2D eigenvalue weighted by Crippen LogP contribution is -2.33. The van der Waals surface area contributed by atoms with E-state index in [1.165, 1.54) is 0 Å². The van der Waals surface area contributed by atoms with E-state index in [-0.39, 0.29) is 18.3 Å². The van der Waals surface area contributed by atoms with Crippen LogP contribution in [0.25, 0.3) is 0 Å². The molecule has 2 rings (SSSR count). The summed E-state index contributed by atoms with van der Waals surface area (Å²) in [6.07, 6.45) is 0. The van der Waals surface area contributed by atoms with Gasteiger partial charge in [-0.1, -0.05) is 60.7 Å². The maximum absolute atomic E-state index is 11.9. The first kappa shape index (κ1) is 19.1. The highest BCUT2D eigenvalue weighted by Gasteiger charge is 2.21. The van der Waals surface area contributed by atoms with Gasteiger partial charge in [0.25, 0.3) is 0 Å². The third-order valence-electron chi connectivity index (χ3n) is 4.09. The second-order valence-corrected chi connectivity index (χ2v) is 8.21. The van der Waals surface area contributed by atoms with Crippen LogP contribution in [0.1, 0.15) is 24.1 Å². The first-order chi connectivity index (χ1) is 11.9. The highest BCUT2D eigenvalue weighted by atomic mass is 32.2. The number of benzene rings is 2. The van der Waals surface area contributed by atoms with Gasteiger partial charge in [-0.15, -0.1) is 0 Å². The summed E-state index contributed by atoms with van der Waals surface area (Å²) in [6.45, 7) is 2.90. The number of aliphatic carboxylic acids is 1. The Morgan fingerprint density at radius 1 is 1.04 bits per heavy atom. The van der Waals surface area contributed by atoms with E-state index >= 15 is 0 Å². The molecule has 134 valence electrons. The van der Waals surface area contributed by atoms with Crippen molar-refractivity contribution in [1.82, 2.24) is 4.90 Å². The minimum atomic E-state index is -3.63. The number of carboxylic acid groups (broad SMARTS) is 1. The van der Waals surface area contributed by atoms with Crippen molar-refractivity contribution in [3.63, 3.8) is 0 Å². The molecule has 2 aromatic carbocycles. The molecule has 0 amide bonds. The summed E-state index contributed by atoms with van der Waals surface area (Å²) in [5.41, 5.74) is 2.18. The van der Waals surface area contributed by atoms with Gasteiger partial charge >= 0.3 is 5.97 Å². The molecule has 6 heteroatoms. The number of hydrogen-bond acceptors (Lipinski definition) is 4. The van der Waals surface area contributed by atoms with Gasteiger partial charge in [0.05, 0.1) is 5.75 Å². The Morgan fingerprint density at radius 3 is 2.16 bits per heavy atom. The summed E-state index contributed by atoms with van der Waals surface area (Å²) >= 11 is 0.